The second-order valence-electron chi connectivity index (χ2n) is 6.72. The van der Waals surface area contributed by atoms with Gasteiger partial charge in [0.1, 0.15) is 5.76 Å². The minimum Gasteiger partial charge on any atom is -0.469 e. The van der Waals surface area contributed by atoms with Crippen LogP contribution in [0.15, 0.2) is 51.9 Å². The Kier molecular flexibility index (Phi) is 3.92. The van der Waals surface area contributed by atoms with Crippen molar-refractivity contribution in [1.82, 2.24) is 9.88 Å². The Morgan fingerprint density at radius 2 is 2.20 bits per heavy atom. The molecule has 4 rings (SSSR count). The van der Waals surface area contributed by atoms with Crippen LogP contribution in [0.1, 0.15) is 29.2 Å². The molecule has 1 aliphatic heterocycles. The van der Waals surface area contributed by atoms with Crippen molar-refractivity contribution in [2.24, 2.45) is 0 Å². The van der Waals surface area contributed by atoms with Crippen LogP contribution >= 0.6 is 0 Å². The standard InChI is InChI=1S/C20H20N2O3/c1-13-9-16-10-14(4-5-17(16)21-20(13)24)11-19(23)22-7-6-15(12-22)18-3-2-8-25-18/h2-5,8-10,15H,6-7,11-12H2,1H3,(H,21,24). The third kappa shape index (κ3) is 3.09. The third-order valence-electron chi connectivity index (χ3n) is 4.94. The van der Waals surface area contributed by atoms with Gasteiger partial charge < -0.3 is 14.3 Å². The van der Waals surface area contributed by atoms with Gasteiger partial charge in [0.2, 0.25) is 5.91 Å². The number of pyridine rings is 1. The van der Waals surface area contributed by atoms with Crippen LogP contribution < -0.4 is 5.56 Å². The highest BCUT2D eigenvalue weighted by Crippen LogP contribution is 2.28. The van der Waals surface area contributed by atoms with Crippen LogP contribution in [-0.2, 0) is 11.2 Å². The quantitative estimate of drug-likeness (QED) is 0.799. The predicted molar refractivity (Wildman–Crippen MR) is 95.7 cm³/mol. The van der Waals surface area contributed by atoms with Crippen LogP contribution in [-0.4, -0.2) is 28.9 Å². The second kappa shape index (κ2) is 6.24. The normalized spacial score (nSPS) is 17.3. The molecule has 1 aromatic carbocycles. The smallest absolute Gasteiger partial charge is 0.251 e. The molecule has 5 nitrogen and oxygen atoms in total. The minimum absolute atomic E-state index is 0.0719. The number of nitrogens with zero attached hydrogens (tertiary/aromatic N) is 1. The van der Waals surface area contributed by atoms with Gasteiger partial charge in [-0.2, -0.15) is 0 Å². The van der Waals surface area contributed by atoms with E-state index >= 15 is 0 Å². The Morgan fingerprint density at radius 3 is 3.00 bits per heavy atom. The summed E-state index contributed by atoms with van der Waals surface area (Å²) in [5.41, 5.74) is 2.37. The zero-order valence-electron chi connectivity index (χ0n) is 14.1. The molecule has 0 saturated carbocycles. The number of H-pyrrole nitrogens is 1. The number of carbonyl (C=O) groups is 1. The van der Waals surface area contributed by atoms with E-state index in [1.54, 1.807) is 13.2 Å². The molecule has 1 aliphatic rings. The lowest BCUT2D eigenvalue weighted by Crippen LogP contribution is -2.29. The number of fused-ring (bicyclic) bond motifs is 1. The summed E-state index contributed by atoms with van der Waals surface area (Å²) in [4.78, 5) is 29.1. The molecule has 1 atom stereocenters. The highest BCUT2D eigenvalue weighted by molar-refractivity contribution is 5.83. The SMILES string of the molecule is Cc1cc2cc(CC(=O)N3CCC(c4ccco4)C3)ccc2[nH]c1=O. The Balaban J connectivity index is 1.48. The maximum Gasteiger partial charge on any atom is 0.251 e. The van der Waals surface area contributed by atoms with Gasteiger partial charge >= 0.3 is 0 Å². The van der Waals surface area contributed by atoms with Crippen molar-refractivity contribution in [2.75, 3.05) is 13.1 Å². The lowest BCUT2D eigenvalue weighted by molar-refractivity contribution is -0.129. The van der Waals surface area contributed by atoms with Crippen molar-refractivity contribution >= 4 is 16.8 Å². The third-order valence-corrected chi connectivity index (χ3v) is 4.94. The maximum absolute atomic E-state index is 12.6. The van der Waals surface area contributed by atoms with E-state index < -0.39 is 0 Å². The number of aromatic amines is 1. The fraction of sp³-hybridized carbons (Fsp3) is 0.300. The highest BCUT2D eigenvalue weighted by Gasteiger charge is 2.28. The van der Waals surface area contributed by atoms with E-state index in [1.165, 1.54) is 0 Å². The number of likely N-dealkylation sites (tertiary alicyclic amines) is 1. The first-order valence-electron chi connectivity index (χ1n) is 8.54. The Hall–Kier alpha value is -2.82. The summed E-state index contributed by atoms with van der Waals surface area (Å²) >= 11 is 0. The first-order valence-corrected chi connectivity index (χ1v) is 8.54. The largest absolute Gasteiger partial charge is 0.469 e. The van der Waals surface area contributed by atoms with E-state index in [0.717, 1.165) is 35.2 Å². The average Bonchev–Trinajstić information content (AvgIpc) is 3.27. The van der Waals surface area contributed by atoms with Crippen LogP contribution in [0.2, 0.25) is 0 Å². The molecular weight excluding hydrogens is 316 g/mol. The number of hydrogen-bond donors (Lipinski definition) is 1. The molecule has 0 spiro atoms. The zero-order chi connectivity index (χ0) is 17.4. The molecule has 1 unspecified atom stereocenters. The summed E-state index contributed by atoms with van der Waals surface area (Å²) in [5, 5.41) is 0.956. The molecule has 0 bridgehead atoms. The molecule has 1 N–H and O–H groups in total. The molecule has 1 amide bonds. The van der Waals surface area contributed by atoms with E-state index in [2.05, 4.69) is 4.98 Å². The van der Waals surface area contributed by atoms with Gasteiger partial charge in [-0.25, -0.2) is 0 Å². The topological polar surface area (TPSA) is 66.3 Å². The highest BCUT2D eigenvalue weighted by atomic mass is 16.3. The number of amides is 1. The zero-order valence-corrected chi connectivity index (χ0v) is 14.1. The minimum atomic E-state index is -0.0719. The molecule has 1 fully saturated rings. The van der Waals surface area contributed by atoms with Crippen LogP contribution in [0.25, 0.3) is 10.9 Å². The van der Waals surface area contributed by atoms with E-state index in [1.807, 2.05) is 41.3 Å². The Labute approximate surface area is 145 Å². The summed E-state index contributed by atoms with van der Waals surface area (Å²) in [6.45, 7) is 3.27. The summed E-state index contributed by atoms with van der Waals surface area (Å²) in [6, 6.07) is 11.5. The molecule has 3 aromatic rings. The van der Waals surface area contributed by atoms with Crippen molar-refractivity contribution in [3.05, 3.63) is 69.9 Å². The summed E-state index contributed by atoms with van der Waals surface area (Å²) in [6.07, 6.45) is 3.00. The number of carbonyl (C=O) groups excluding carboxylic acids is 1. The van der Waals surface area contributed by atoms with Gasteiger partial charge in [0, 0.05) is 30.1 Å². The lowest BCUT2D eigenvalue weighted by atomic mass is 10.1. The van der Waals surface area contributed by atoms with Crippen molar-refractivity contribution in [1.29, 1.82) is 0 Å². The number of aromatic nitrogens is 1. The second-order valence-corrected chi connectivity index (χ2v) is 6.72. The van der Waals surface area contributed by atoms with Gasteiger partial charge in [-0.1, -0.05) is 6.07 Å². The first kappa shape index (κ1) is 15.7. The number of hydrogen-bond acceptors (Lipinski definition) is 3. The average molecular weight is 336 g/mol. The molecular formula is C20H20N2O3. The lowest BCUT2D eigenvalue weighted by Gasteiger charge is -2.16. The van der Waals surface area contributed by atoms with E-state index in [4.69, 9.17) is 4.42 Å². The molecule has 1 saturated heterocycles. The van der Waals surface area contributed by atoms with Crippen LogP contribution in [0, 0.1) is 6.92 Å². The summed E-state index contributed by atoms with van der Waals surface area (Å²) in [7, 11) is 0. The predicted octanol–water partition coefficient (Wildman–Crippen LogP) is 2.99. The fourth-order valence-corrected chi connectivity index (χ4v) is 3.50. The molecule has 25 heavy (non-hydrogen) atoms. The monoisotopic (exact) mass is 336 g/mol. The van der Waals surface area contributed by atoms with Crippen molar-refractivity contribution in [3.63, 3.8) is 0 Å². The summed E-state index contributed by atoms with van der Waals surface area (Å²) < 4.78 is 5.47. The van der Waals surface area contributed by atoms with Gasteiger partial charge in [0.05, 0.1) is 12.7 Å². The number of nitrogens with one attached hydrogen (secondary N) is 1. The molecule has 128 valence electrons. The molecule has 2 aromatic heterocycles. The van der Waals surface area contributed by atoms with E-state index in [-0.39, 0.29) is 11.5 Å². The van der Waals surface area contributed by atoms with Gasteiger partial charge in [0.25, 0.3) is 5.56 Å². The van der Waals surface area contributed by atoms with Crippen molar-refractivity contribution < 1.29 is 9.21 Å². The number of rotatable bonds is 3. The molecule has 0 radical (unpaired) electrons. The van der Waals surface area contributed by atoms with Gasteiger partial charge in [0.15, 0.2) is 0 Å². The van der Waals surface area contributed by atoms with Crippen LogP contribution in [0.3, 0.4) is 0 Å². The Bertz CT molecular complexity index is 972. The van der Waals surface area contributed by atoms with Gasteiger partial charge in [-0.3, -0.25) is 9.59 Å². The van der Waals surface area contributed by atoms with Gasteiger partial charge in [-0.15, -0.1) is 0 Å². The van der Waals surface area contributed by atoms with E-state index in [9.17, 15) is 9.59 Å². The van der Waals surface area contributed by atoms with Crippen LogP contribution in [0.4, 0.5) is 0 Å². The van der Waals surface area contributed by atoms with E-state index in [0.29, 0.717) is 24.4 Å². The van der Waals surface area contributed by atoms with Gasteiger partial charge in [-0.05, 0) is 54.6 Å². The maximum atomic E-state index is 12.6. The molecule has 0 aliphatic carbocycles. The Morgan fingerprint density at radius 1 is 1.32 bits per heavy atom. The van der Waals surface area contributed by atoms with Crippen molar-refractivity contribution in [3.8, 4) is 0 Å². The number of aryl methyl sites for hydroxylation is 1. The number of benzene rings is 1. The van der Waals surface area contributed by atoms with Crippen LogP contribution in [0.5, 0.6) is 0 Å². The first-order chi connectivity index (χ1) is 12.1. The fourth-order valence-electron chi connectivity index (χ4n) is 3.50. The van der Waals surface area contributed by atoms with Crippen molar-refractivity contribution in [2.45, 2.75) is 25.7 Å². The number of furan rings is 1. The molecule has 3 heterocycles. The summed E-state index contributed by atoms with van der Waals surface area (Å²) in [5.74, 6) is 1.39. The molecule has 5 heteroatoms.